The minimum Gasteiger partial charge on any atom is -0.309 e. The van der Waals surface area contributed by atoms with Crippen LogP contribution in [0, 0.1) is 5.41 Å². The van der Waals surface area contributed by atoms with Gasteiger partial charge in [-0.05, 0) is 28.7 Å². The van der Waals surface area contributed by atoms with Gasteiger partial charge in [0.05, 0.1) is 0 Å². The lowest BCUT2D eigenvalue weighted by atomic mass is 9.76. The molecular weight excluding hydrogens is 455 g/mol. The summed E-state index contributed by atoms with van der Waals surface area (Å²) in [7, 11) is -3.09. The minimum absolute atomic E-state index is 0.0557. The Morgan fingerprint density at radius 2 is 1.21 bits per heavy atom. The van der Waals surface area contributed by atoms with Crippen molar-refractivity contribution in [2.75, 3.05) is 0 Å². The second kappa shape index (κ2) is 10.2. The molecule has 1 unspecified atom stereocenters. The second-order valence-electron chi connectivity index (χ2n) is 9.59. The van der Waals surface area contributed by atoms with Crippen LogP contribution in [0.5, 0.6) is 0 Å². The fourth-order valence-corrected chi connectivity index (χ4v) is 7.42. The van der Waals surface area contributed by atoms with Gasteiger partial charge in [-0.25, -0.2) is 0 Å². The van der Waals surface area contributed by atoms with Crippen LogP contribution in [0.4, 0.5) is 0 Å². The molecule has 0 spiro atoms. The predicted molar refractivity (Wildman–Crippen MR) is 149 cm³/mol. The van der Waals surface area contributed by atoms with Crippen molar-refractivity contribution in [2.24, 2.45) is 5.41 Å². The Bertz CT molecular complexity index is 1260. The Morgan fingerprint density at radius 3 is 1.74 bits per heavy atom. The van der Waals surface area contributed by atoms with E-state index in [0.29, 0.717) is 0 Å². The third-order valence-electron chi connectivity index (χ3n) is 6.13. The van der Waals surface area contributed by atoms with E-state index in [4.69, 9.17) is 11.6 Å². The smallest absolute Gasteiger partial charge is 0.171 e. The molecule has 0 radical (unpaired) electrons. The SMILES string of the molecule is CC(C)(C)C(/C=C\c1ccc(Cl)cc1)c1ccccc1P(=O)(c1ccccc1)c1ccccc1. The lowest BCUT2D eigenvalue weighted by molar-refractivity contribution is 0.368. The molecular formula is C31H30ClOP. The molecule has 0 aliphatic heterocycles. The lowest BCUT2D eigenvalue weighted by Crippen LogP contribution is -2.30. The van der Waals surface area contributed by atoms with Crippen molar-refractivity contribution in [3.05, 3.63) is 131 Å². The molecule has 4 rings (SSSR count). The van der Waals surface area contributed by atoms with Gasteiger partial charge >= 0.3 is 0 Å². The summed E-state index contributed by atoms with van der Waals surface area (Å²) in [5.41, 5.74) is 2.10. The number of halogens is 1. The van der Waals surface area contributed by atoms with E-state index in [1.54, 1.807) is 0 Å². The van der Waals surface area contributed by atoms with Crippen molar-refractivity contribution in [3.8, 4) is 0 Å². The summed E-state index contributed by atoms with van der Waals surface area (Å²) < 4.78 is 15.1. The molecule has 172 valence electrons. The standard InChI is InChI=1S/C31H30ClOP/c1-31(2,3)29(23-20-24-18-21-25(32)22-19-24)28-16-10-11-17-30(28)34(33,26-12-6-4-7-13-26)27-14-8-5-9-15-27/h4-23,29H,1-3H3/b23-20-. The topological polar surface area (TPSA) is 17.1 Å². The second-order valence-corrected chi connectivity index (χ2v) is 12.8. The Morgan fingerprint density at radius 1 is 0.706 bits per heavy atom. The Hall–Kier alpha value is -2.86. The van der Waals surface area contributed by atoms with Gasteiger partial charge in [0.1, 0.15) is 0 Å². The summed E-state index contributed by atoms with van der Waals surface area (Å²) in [6.07, 6.45) is 4.38. The van der Waals surface area contributed by atoms with Crippen LogP contribution in [0.2, 0.25) is 5.02 Å². The van der Waals surface area contributed by atoms with E-state index in [0.717, 1.165) is 32.1 Å². The van der Waals surface area contributed by atoms with Crippen LogP contribution in [-0.2, 0) is 4.57 Å². The molecule has 34 heavy (non-hydrogen) atoms. The van der Waals surface area contributed by atoms with E-state index in [-0.39, 0.29) is 11.3 Å². The average Bonchev–Trinajstić information content (AvgIpc) is 2.85. The summed E-state index contributed by atoms with van der Waals surface area (Å²) in [6.45, 7) is 6.70. The van der Waals surface area contributed by atoms with Gasteiger partial charge in [0.15, 0.2) is 7.14 Å². The monoisotopic (exact) mass is 484 g/mol. The maximum atomic E-state index is 15.1. The number of rotatable bonds is 6. The van der Waals surface area contributed by atoms with Crippen molar-refractivity contribution in [3.63, 3.8) is 0 Å². The largest absolute Gasteiger partial charge is 0.309 e. The van der Waals surface area contributed by atoms with E-state index >= 15 is 4.57 Å². The van der Waals surface area contributed by atoms with Gasteiger partial charge in [-0.2, -0.15) is 0 Å². The summed E-state index contributed by atoms with van der Waals surface area (Å²) in [5, 5.41) is 3.32. The van der Waals surface area contributed by atoms with Gasteiger partial charge < -0.3 is 4.57 Å². The number of allylic oxidation sites excluding steroid dienone is 1. The van der Waals surface area contributed by atoms with Crippen molar-refractivity contribution in [1.29, 1.82) is 0 Å². The zero-order valence-corrected chi connectivity index (χ0v) is 21.5. The highest BCUT2D eigenvalue weighted by Gasteiger charge is 2.35. The third-order valence-corrected chi connectivity index (χ3v) is 9.52. The van der Waals surface area contributed by atoms with Gasteiger partial charge in [0.2, 0.25) is 0 Å². The molecule has 0 aliphatic carbocycles. The van der Waals surface area contributed by atoms with Gasteiger partial charge in [0, 0.05) is 26.9 Å². The quantitative estimate of drug-likeness (QED) is 0.255. The zero-order chi connectivity index (χ0) is 24.2. The Labute approximate surface area is 208 Å². The van der Waals surface area contributed by atoms with Gasteiger partial charge in [-0.3, -0.25) is 0 Å². The van der Waals surface area contributed by atoms with Crippen molar-refractivity contribution in [1.82, 2.24) is 0 Å². The van der Waals surface area contributed by atoms with Crippen LogP contribution in [0.1, 0.15) is 37.8 Å². The van der Waals surface area contributed by atoms with Crippen LogP contribution in [-0.4, -0.2) is 0 Å². The molecule has 0 heterocycles. The first kappa shape index (κ1) is 24.3. The Kier molecular flexibility index (Phi) is 7.27. The Balaban J connectivity index is 1.91. The van der Waals surface area contributed by atoms with Crippen LogP contribution >= 0.6 is 18.7 Å². The van der Waals surface area contributed by atoms with Crippen LogP contribution < -0.4 is 15.9 Å². The first-order valence-electron chi connectivity index (χ1n) is 11.5. The van der Waals surface area contributed by atoms with Crippen molar-refractivity contribution >= 4 is 40.7 Å². The number of hydrogen-bond acceptors (Lipinski definition) is 1. The van der Waals surface area contributed by atoms with Crippen molar-refractivity contribution in [2.45, 2.75) is 26.7 Å². The molecule has 0 N–H and O–H groups in total. The number of benzene rings is 4. The zero-order valence-electron chi connectivity index (χ0n) is 19.9. The van der Waals surface area contributed by atoms with E-state index < -0.39 is 7.14 Å². The first-order valence-corrected chi connectivity index (χ1v) is 13.6. The van der Waals surface area contributed by atoms with Gasteiger partial charge in [-0.15, -0.1) is 0 Å². The summed E-state index contributed by atoms with van der Waals surface area (Å²) in [5.74, 6) is 0.0557. The summed E-state index contributed by atoms with van der Waals surface area (Å²) in [4.78, 5) is 0. The third kappa shape index (κ3) is 5.12. The molecule has 3 heteroatoms. The molecule has 0 aliphatic rings. The molecule has 0 amide bonds. The van der Waals surface area contributed by atoms with Gasteiger partial charge in [-0.1, -0.05) is 142 Å². The fraction of sp³-hybridized carbons (Fsp3) is 0.161. The molecule has 0 aromatic heterocycles. The summed E-state index contributed by atoms with van der Waals surface area (Å²) in [6, 6.07) is 35.8. The molecule has 0 fully saturated rings. The van der Waals surface area contributed by atoms with E-state index in [1.165, 1.54) is 0 Å². The van der Waals surface area contributed by atoms with E-state index in [9.17, 15) is 0 Å². The summed E-state index contributed by atoms with van der Waals surface area (Å²) >= 11 is 6.08. The van der Waals surface area contributed by atoms with Crippen LogP contribution in [0.3, 0.4) is 0 Å². The van der Waals surface area contributed by atoms with Gasteiger partial charge in [0.25, 0.3) is 0 Å². The average molecular weight is 485 g/mol. The highest BCUT2D eigenvalue weighted by atomic mass is 35.5. The lowest BCUT2D eigenvalue weighted by Gasteiger charge is -2.32. The highest BCUT2D eigenvalue weighted by Crippen LogP contribution is 2.47. The van der Waals surface area contributed by atoms with Crippen molar-refractivity contribution < 1.29 is 4.57 Å². The maximum absolute atomic E-state index is 15.1. The molecule has 1 atom stereocenters. The highest BCUT2D eigenvalue weighted by molar-refractivity contribution is 7.85. The first-order chi connectivity index (χ1) is 16.3. The van der Waals surface area contributed by atoms with Crippen LogP contribution in [0.25, 0.3) is 6.08 Å². The molecule has 4 aromatic carbocycles. The predicted octanol–water partition coefficient (Wildman–Crippen LogP) is 7.82. The van der Waals surface area contributed by atoms with E-state index in [1.807, 2.05) is 103 Å². The van der Waals surface area contributed by atoms with Crippen LogP contribution in [0.15, 0.2) is 115 Å². The number of hydrogen-bond donors (Lipinski definition) is 0. The molecule has 1 nitrogen and oxygen atoms in total. The van der Waals surface area contributed by atoms with E-state index in [2.05, 4.69) is 39.0 Å². The normalized spacial score (nSPS) is 13.2. The molecule has 0 saturated heterocycles. The molecule has 4 aromatic rings. The maximum Gasteiger partial charge on any atom is 0.171 e. The molecule has 0 saturated carbocycles. The fourth-order valence-electron chi connectivity index (χ4n) is 4.38. The molecule has 0 bridgehead atoms. The minimum atomic E-state index is -3.09.